The van der Waals surface area contributed by atoms with Gasteiger partial charge in [-0.1, -0.05) is 12.1 Å². The molecule has 0 spiro atoms. The van der Waals surface area contributed by atoms with Crippen LogP contribution in [-0.4, -0.2) is 5.91 Å². The summed E-state index contributed by atoms with van der Waals surface area (Å²) in [4.78, 5) is 11.2. The molecular formula is C13H15NO. The summed E-state index contributed by atoms with van der Waals surface area (Å²) < 4.78 is 0. The van der Waals surface area contributed by atoms with Gasteiger partial charge in [-0.15, -0.1) is 6.58 Å². The SMILES string of the molecule is C=CCc1c(C)ccc2c1CCC(=O)N2. The number of carbonyl (C=O) groups excluding carboxylic acids is 1. The first-order chi connectivity index (χ1) is 7.22. The van der Waals surface area contributed by atoms with Crippen molar-refractivity contribution in [1.29, 1.82) is 0 Å². The number of anilines is 1. The molecule has 2 nitrogen and oxygen atoms in total. The lowest BCUT2D eigenvalue weighted by atomic mass is 9.92. The lowest BCUT2D eigenvalue weighted by Gasteiger charge is -2.21. The van der Waals surface area contributed by atoms with Crippen LogP contribution < -0.4 is 5.32 Å². The van der Waals surface area contributed by atoms with E-state index in [1.807, 2.05) is 12.1 Å². The van der Waals surface area contributed by atoms with Crippen molar-refractivity contribution < 1.29 is 4.79 Å². The van der Waals surface area contributed by atoms with E-state index in [2.05, 4.69) is 24.9 Å². The molecule has 78 valence electrons. The molecule has 1 aliphatic heterocycles. The lowest BCUT2D eigenvalue weighted by molar-refractivity contribution is -0.116. The van der Waals surface area contributed by atoms with Gasteiger partial charge < -0.3 is 5.32 Å². The van der Waals surface area contributed by atoms with Crippen molar-refractivity contribution in [2.75, 3.05) is 5.32 Å². The molecule has 0 unspecified atom stereocenters. The Labute approximate surface area is 90.0 Å². The maximum Gasteiger partial charge on any atom is 0.224 e. The molecule has 1 aromatic carbocycles. The predicted octanol–water partition coefficient (Wildman–Crippen LogP) is 2.61. The van der Waals surface area contributed by atoms with Crippen LogP contribution in [0.2, 0.25) is 0 Å². The Morgan fingerprint density at radius 1 is 1.47 bits per heavy atom. The number of nitrogens with one attached hydrogen (secondary N) is 1. The third-order valence-corrected chi connectivity index (χ3v) is 2.89. The number of amides is 1. The van der Waals surface area contributed by atoms with Crippen molar-refractivity contribution in [2.45, 2.75) is 26.2 Å². The third-order valence-electron chi connectivity index (χ3n) is 2.89. The lowest BCUT2D eigenvalue weighted by Crippen LogP contribution is -2.20. The van der Waals surface area contributed by atoms with Crippen molar-refractivity contribution in [1.82, 2.24) is 0 Å². The van der Waals surface area contributed by atoms with E-state index in [0.29, 0.717) is 6.42 Å². The van der Waals surface area contributed by atoms with E-state index in [4.69, 9.17) is 0 Å². The third kappa shape index (κ3) is 1.80. The number of allylic oxidation sites excluding steroid dienone is 1. The molecule has 1 aromatic rings. The molecule has 0 aromatic heterocycles. The minimum absolute atomic E-state index is 0.121. The van der Waals surface area contributed by atoms with Crippen LogP contribution >= 0.6 is 0 Å². The quantitative estimate of drug-likeness (QED) is 0.732. The normalized spacial score (nSPS) is 14.3. The van der Waals surface area contributed by atoms with Gasteiger partial charge in [0.25, 0.3) is 0 Å². The minimum Gasteiger partial charge on any atom is -0.326 e. The van der Waals surface area contributed by atoms with Gasteiger partial charge in [-0.25, -0.2) is 0 Å². The van der Waals surface area contributed by atoms with Crippen LogP contribution in [0.4, 0.5) is 5.69 Å². The summed E-state index contributed by atoms with van der Waals surface area (Å²) in [6.07, 6.45) is 4.25. The van der Waals surface area contributed by atoms with Gasteiger partial charge in [-0.3, -0.25) is 4.79 Å². The molecule has 0 bridgehead atoms. The summed E-state index contributed by atoms with van der Waals surface area (Å²) in [5, 5.41) is 2.91. The molecule has 0 atom stereocenters. The zero-order valence-electron chi connectivity index (χ0n) is 8.97. The Hall–Kier alpha value is -1.57. The number of benzene rings is 1. The van der Waals surface area contributed by atoms with Crippen molar-refractivity contribution in [3.63, 3.8) is 0 Å². The van der Waals surface area contributed by atoms with Crippen molar-refractivity contribution in [3.8, 4) is 0 Å². The molecule has 0 fully saturated rings. The van der Waals surface area contributed by atoms with Gasteiger partial charge in [0.2, 0.25) is 5.91 Å². The largest absolute Gasteiger partial charge is 0.326 e. The Morgan fingerprint density at radius 3 is 3.00 bits per heavy atom. The van der Waals surface area contributed by atoms with E-state index in [1.54, 1.807) is 0 Å². The highest BCUT2D eigenvalue weighted by molar-refractivity contribution is 5.94. The van der Waals surface area contributed by atoms with Crippen molar-refractivity contribution >= 4 is 11.6 Å². The van der Waals surface area contributed by atoms with Crippen LogP contribution in [0.25, 0.3) is 0 Å². The zero-order valence-corrected chi connectivity index (χ0v) is 8.97. The Kier molecular flexibility index (Phi) is 2.58. The predicted molar refractivity (Wildman–Crippen MR) is 62.0 cm³/mol. The van der Waals surface area contributed by atoms with E-state index in [-0.39, 0.29) is 5.91 Å². The highest BCUT2D eigenvalue weighted by atomic mass is 16.1. The average Bonchev–Trinajstić information content (AvgIpc) is 2.22. The molecule has 0 saturated carbocycles. The maximum absolute atomic E-state index is 11.2. The molecule has 1 N–H and O–H groups in total. The van der Waals surface area contributed by atoms with Crippen LogP contribution in [0.5, 0.6) is 0 Å². The highest BCUT2D eigenvalue weighted by Crippen LogP contribution is 2.28. The van der Waals surface area contributed by atoms with Gasteiger partial charge in [0.15, 0.2) is 0 Å². The van der Waals surface area contributed by atoms with E-state index in [9.17, 15) is 4.79 Å². The number of hydrogen-bond acceptors (Lipinski definition) is 1. The summed E-state index contributed by atoms with van der Waals surface area (Å²) in [5.74, 6) is 0.121. The van der Waals surface area contributed by atoms with Gasteiger partial charge in [-0.05, 0) is 42.5 Å². The number of rotatable bonds is 2. The fraction of sp³-hybridized carbons (Fsp3) is 0.308. The fourth-order valence-electron chi connectivity index (χ4n) is 2.09. The van der Waals surface area contributed by atoms with Crippen LogP contribution in [0.15, 0.2) is 24.8 Å². The first-order valence-electron chi connectivity index (χ1n) is 5.24. The van der Waals surface area contributed by atoms with Gasteiger partial charge in [0.1, 0.15) is 0 Å². The van der Waals surface area contributed by atoms with Gasteiger partial charge in [0.05, 0.1) is 0 Å². The summed E-state index contributed by atoms with van der Waals surface area (Å²) >= 11 is 0. The molecule has 1 heterocycles. The van der Waals surface area contributed by atoms with Crippen LogP contribution in [0, 0.1) is 6.92 Å². The zero-order chi connectivity index (χ0) is 10.8. The molecule has 0 saturated heterocycles. The molecule has 0 radical (unpaired) electrons. The number of carbonyl (C=O) groups is 1. The van der Waals surface area contributed by atoms with E-state index < -0.39 is 0 Å². The highest BCUT2D eigenvalue weighted by Gasteiger charge is 2.17. The Balaban J connectivity index is 2.49. The first kappa shape index (κ1) is 9.97. The molecule has 1 amide bonds. The fourth-order valence-corrected chi connectivity index (χ4v) is 2.09. The molecular weight excluding hydrogens is 186 g/mol. The van der Waals surface area contributed by atoms with Crippen LogP contribution in [0.3, 0.4) is 0 Å². The molecule has 2 rings (SSSR count). The topological polar surface area (TPSA) is 29.1 Å². The second kappa shape index (κ2) is 3.89. The molecule has 0 aliphatic carbocycles. The Bertz CT molecular complexity index is 421. The second-order valence-corrected chi connectivity index (χ2v) is 3.93. The number of fused-ring (bicyclic) bond motifs is 1. The summed E-state index contributed by atoms with van der Waals surface area (Å²) in [5.41, 5.74) is 4.87. The maximum atomic E-state index is 11.2. The van der Waals surface area contributed by atoms with Gasteiger partial charge >= 0.3 is 0 Å². The monoisotopic (exact) mass is 201 g/mol. The van der Waals surface area contributed by atoms with Gasteiger partial charge in [-0.2, -0.15) is 0 Å². The minimum atomic E-state index is 0.121. The van der Waals surface area contributed by atoms with E-state index in [1.165, 1.54) is 16.7 Å². The standard InChI is InChI=1S/C13H15NO/c1-3-4-10-9(2)5-7-12-11(10)6-8-13(15)14-12/h3,5,7H,1,4,6,8H2,2H3,(H,14,15). The summed E-state index contributed by atoms with van der Waals surface area (Å²) in [6, 6.07) is 4.05. The van der Waals surface area contributed by atoms with E-state index >= 15 is 0 Å². The first-order valence-corrected chi connectivity index (χ1v) is 5.24. The summed E-state index contributed by atoms with van der Waals surface area (Å²) in [6.45, 7) is 5.88. The van der Waals surface area contributed by atoms with Crippen molar-refractivity contribution in [2.24, 2.45) is 0 Å². The molecule has 1 aliphatic rings. The van der Waals surface area contributed by atoms with Gasteiger partial charge in [0, 0.05) is 12.1 Å². The van der Waals surface area contributed by atoms with Crippen LogP contribution in [-0.2, 0) is 17.6 Å². The molecule has 15 heavy (non-hydrogen) atoms. The van der Waals surface area contributed by atoms with Crippen molar-refractivity contribution in [3.05, 3.63) is 41.5 Å². The second-order valence-electron chi connectivity index (χ2n) is 3.93. The number of aryl methyl sites for hydroxylation is 1. The Morgan fingerprint density at radius 2 is 2.27 bits per heavy atom. The average molecular weight is 201 g/mol. The smallest absolute Gasteiger partial charge is 0.224 e. The summed E-state index contributed by atoms with van der Waals surface area (Å²) in [7, 11) is 0. The van der Waals surface area contributed by atoms with Crippen LogP contribution in [0.1, 0.15) is 23.1 Å². The van der Waals surface area contributed by atoms with E-state index in [0.717, 1.165) is 18.5 Å². The number of hydrogen-bond donors (Lipinski definition) is 1. The molecule has 2 heteroatoms.